The highest BCUT2D eigenvalue weighted by atomic mass is 16.2. The van der Waals surface area contributed by atoms with E-state index in [-0.39, 0.29) is 17.5 Å². The first-order valence-electron chi connectivity index (χ1n) is 12.2. The number of carbonyl (C=O) groups excluding carboxylic acids is 1. The van der Waals surface area contributed by atoms with Gasteiger partial charge in [0.1, 0.15) is 12.1 Å². The lowest BCUT2D eigenvalue weighted by molar-refractivity contribution is 0.0729. The van der Waals surface area contributed by atoms with Gasteiger partial charge in [-0.1, -0.05) is 24.3 Å². The number of benzene rings is 2. The lowest BCUT2D eigenvalue weighted by atomic mass is 10.0. The third-order valence-corrected chi connectivity index (χ3v) is 6.91. The quantitative estimate of drug-likeness (QED) is 0.457. The summed E-state index contributed by atoms with van der Waals surface area (Å²) in [7, 11) is 0. The van der Waals surface area contributed by atoms with E-state index in [2.05, 4.69) is 56.3 Å². The molecule has 1 amide bonds. The van der Waals surface area contributed by atoms with Crippen molar-refractivity contribution < 1.29 is 4.79 Å². The van der Waals surface area contributed by atoms with Crippen molar-refractivity contribution in [3.63, 3.8) is 0 Å². The molecule has 3 heterocycles. The van der Waals surface area contributed by atoms with Crippen LogP contribution in [0.15, 0.2) is 71.9 Å². The Morgan fingerprint density at radius 2 is 1.83 bits per heavy atom. The van der Waals surface area contributed by atoms with Gasteiger partial charge in [0.2, 0.25) is 5.56 Å². The number of anilines is 1. The molecular formula is C28H27N5O2. The van der Waals surface area contributed by atoms with Crippen molar-refractivity contribution in [2.24, 2.45) is 0 Å². The van der Waals surface area contributed by atoms with Crippen LogP contribution >= 0.6 is 0 Å². The van der Waals surface area contributed by atoms with E-state index in [4.69, 9.17) is 0 Å². The molecule has 0 radical (unpaired) electrons. The monoisotopic (exact) mass is 465 g/mol. The average Bonchev–Trinajstić information content (AvgIpc) is 3.59. The fourth-order valence-electron chi connectivity index (χ4n) is 4.91. The molecule has 1 saturated carbocycles. The first-order valence-corrected chi connectivity index (χ1v) is 12.2. The second-order valence-electron chi connectivity index (χ2n) is 9.43. The van der Waals surface area contributed by atoms with Gasteiger partial charge in [-0.25, -0.2) is 9.97 Å². The number of carbonyl (C=O) groups is 1. The highest BCUT2D eigenvalue weighted by Crippen LogP contribution is 2.32. The van der Waals surface area contributed by atoms with Crippen LogP contribution in [0.25, 0.3) is 22.0 Å². The van der Waals surface area contributed by atoms with E-state index in [9.17, 15) is 9.59 Å². The zero-order valence-electron chi connectivity index (χ0n) is 19.5. The summed E-state index contributed by atoms with van der Waals surface area (Å²) in [5.74, 6) is 0.962. The van der Waals surface area contributed by atoms with Crippen molar-refractivity contribution in [2.75, 3.05) is 18.0 Å². The summed E-state index contributed by atoms with van der Waals surface area (Å²) in [6, 6.07) is 18.0. The van der Waals surface area contributed by atoms with Crippen LogP contribution in [0, 0.1) is 0 Å². The van der Waals surface area contributed by atoms with Crippen LogP contribution in [0.2, 0.25) is 0 Å². The Hall–Kier alpha value is -4.00. The van der Waals surface area contributed by atoms with E-state index in [1.54, 1.807) is 12.4 Å². The zero-order valence-corrected chi connectivity index (χ0v) is 19.5. The second-order valence-corrected chi connectivity index (χ2v) is 9.43. The molecule has 35 heavy (non-hydrogen) atoms. The van der Waals surface area contributed by atoms with Crippen molar-refractivity contribution in [1.29, 1.82) is 0 Å². The van der Waals surface area contributed by atoms with Gasteiger partial charge in [-0.2, -0.15) is 0 Å². The number of nitrogens with zero attached hydrogens (tertiary/aromatic N) is 4. The number of hydrogen-bond donors (Lipinski definition) is 1. The molecule has 0 atom stereocenters. The molecular weight excluding hydrogens is 438 g/mol. The smallest absolute Gasteiger partial charge is 0.255 e. The van der Waals surface area contributed by atoms with Crippen molar-refractivity contribution in [2.45, 2.75) is 38.3 Å². The number of hydrogen-bond acceptors (Lipinski definition) is 5. The third-order valence-electron chi connectivity index (χ3n) is 6.91. The summed E-state index contributed by atoms with van der Waals surface area (Å²) < 4.78 is 0. The van der Waals surface area contributed by atoms with Crippen LogP contribution in [0.5, 0.6) is 0 Å². The second kappa shape index (κ2) is 8.98. The van der Waals surface area contributed by atoms with E-state index in [1.165, 1.54) is 25.1 Å². The Balaban J connectivity index is 1.30. The van der Waals surface area contributed by atoms with E-state index < -0.39 is 0 Å². The van der Waals surface area contributed by atoms with Gasteiger partial charge < -0.3 is 14.8 Å². The van der Waals surface area contributed by atoms with Gasteiger partial charge in [0, 0.05) is 43.3 Å². The Morgan fingerprint density at radius 1 is 1.00 bits per heavy atom. The molecule has 1 saturated heterocycles. The molecule has 2 aromatic carbocycles. The number of aromatic amines is 1. The summed E-state index contributed by atoms with van der Waals surface area (Å²) in [5.41, 5.74) is 4.55. The largest absolute Gasteiger partial charge is 0.356 e. The number of fused-ring (bicyclic) bond motifs is 1. The number of pyridine rings is 1. The van der Waals surface area contributed by atoms with Crippen LogP contribution in [-0.2, 0) is 6.54 Å². The standard InChI is InChI=1S/C28H27N5O2/c34-26-11-7-22(16-29-26)28(35)33(23-8-9-23)17-19-4-3-5-20(14-19)21-6-10-25-24(15-21)27(31-18-30-25)32-12-1-2-13-32/h3-7,10-11,14-16,18,23H,1-2,8-9,12-13,17H2,(H,29,34). The molecule has 0 spiro atoms. The highest BCUT2D eigenvalue weighted by molar-refractivity contribution is 5.94. The minimum atomic E-state index is -0.208. The molecule has 6 rings (SSSR count). The van der Waals surface area contributed by atoms with Crippen LogP contribution in [0.3, 0.4) is 0 Å². The first-order chi connectivity index (χ1) is 17.2. The fraction of sp³-hybridized carbons (Fsp3) is 0.286. The Kier molecular flexibility index (Phi) is 5.52. The normalized spacial score (nSPS) is 15.5. The van der Waals surface area contributed by atoms with Gasteiger partial charge in [0.15, 0.2) is 0 Å². The Labute approximate surface area is 203 Å². The van der Waals surface area contributed by atoms with Gasteiger partial charge in [-0.3, -0.25) is 9.59 Å². The molecule has 0 bridgehead atoms. The van der Waals surface area contributed by atoms with Gasteiger partial charge in [-0.05, 0) is 66.6 Å². The topological polar surface area (TPSA) is 82.2 Å². The predicted octanol–water partition coefficient (Wildman–Crippen LogP) is 4.39. The molecule has 2 fully saturated rings. The van der Waals surface area contributed by atoms with E-state index in [1.807, 2.05) is 11.0 Å². The summed E-state index contributed by atoms with van der Waals surface area (Å²) >= 11 is 0. The molecule has 7 nitrogen and oxygen atoms in total. The molecule has 1 aliphatic carbocycles. The molecule has 2 aromatic heterocycles. The van der Waals surface area contributed by atoms with Crippen molar-refractivity contribution in [1.82, 2.24) is 19.9 Å². The Bertz CT molecular complexity index is 1430. The zero-order chi connectivity index (χ0) is 23.8. The van der Waals surface area contributed by atoms with Crippen LogP contribution in [0.4, 0.5) is 5.82 Å². The molecule has 0 unspecified atom stereocenters. The molecule has 2 aliphatic rings. The first kappa shape index (κ1) is 21.5. The van der Waals surface area contributed by atoms with Gasteiger partial charge in [0.05, 0.1) is 11.1 Å². The van der Waals surface area contributed by atoms with E-state index >= 15 is 0 Å². The maximum atomic E-state index is 13.2. The number of nitrogens with one attached hydrogen (secondary N) is 1. The average molecular weight is 466 g/mol. The number of aromatic nitrogens is 3. The molecule has 4 aromatic rings. The molecule has 1 N–H and O–H groups in total. The fourth-order valence-corrected chi connectivity index (χ4v) is 4.91. The van der Waals surface area contributed by atoms with Gasteiger partial charge in [0.25, 0.3) is 5.91 Å². The summed E-state index contributed by atoms with van der Waals surface area (Å²) in [6.07, 6.45) is 7.58. The highest BCUT2D eigenvalue weighted by Gasteiger charge is 2.33. The summed E-state index contributed by atoms with van der Waals surface area (Å²) in [6.45, 7) is 2.60. The summed E-state index contributed by atoms with van der Waals surface area (Å²) in [4.78, 5) is 40.6. The molecule has 176 valence electrons. The number of H-pyrrole nitrogens is 1. The summed E-state index contributed by atoms with van der Waals surface area (Å²) in [5, 5.41) is 1.07. The lowest BCUT2D eigenvalue weighted by Gasteiger charge is -2.23. The minimum absolute atomic E-state index is 0.0488. The molecule has 1 aliphatic heterocycles. The van der Waals surface area contributed by atoms with Crippen LogP contribution < -0.4 is 10.5 Å². The SMILES string of the molecule is O=C(c1ccc(=O)[nH]c1)N(Cc1cccc(-c2ccc3ncnc(N4CCCC4)c3c2)c1)C1CC1. The Morgan fingerprint density at radius 3 is 2.60 bits per heavy atom. The van der Waals surface area contributed by atoms with Crippen molar-refractivity contribution >= 4 is 22.6 Å². The van der Waals surface area contributed by atoms with Crippen LogP contribution in [-0.4, -0.2) is 44.9 Å². The number of rotatable bonds is 6. The van der Waals surface area contributed by atoms with E-state index in [0.717, 1.165) is 59.3 Å². The third kappa shape index (κ3) is 4.41. The number of amides is 1. The lowest BCUT2D eigenvalue weighted by Crippen LogP contribution is -2.33. The maximum absolute atomic E-state index is 13.2. The minimum Gasteiger partial charge on any atom is -0.356 e. The van der Waals surface area contributed by atoms with Gasteiger partial charge >= 0.3 is 0 Å². The van der Waals surface area contributed by atoms with Crippen molar-refractivity contribution in [3.8, 4) is 11.1 Å². The van der Waals surface area contributed by atoms with Crippen molar-refractivity contribution in [3.05, 3.63) is 88.6 Å². The predicted molar refractivity (Wildman–Crippen MR) is 136 cm³/mol. The van der Waals surface area contributed by atoms with Gasteiger partial charge in [-0.15, -0.1) is 0 Å². The van der Waals surface area contributed by atoms with Crippen LogP contribution in [0.1, 0.15) is 41.6 Å². The molecule has 7 heteroatoms. The maximum Gasteiger partial charge on any atom is 0.255 e. The van der Waals surface area contributed by atoms with E-state index in [0.29, 0.717) is 12.1 Å².